The highest BCUT2D eigenvalue weighted by Gasteiger charge is 2.48. The molecule has 1 fully saturated rings. The van der Waals surface area contributed by atoms with E-state index in [1.165, 1.54) is 26.2 Å². The van der Waals surface area contributed by atoms with Gasteiger partial charge in [0.05, 0.1) is 11.4 Å². The minimum atomic E-state index is -3.61. The Kier molecular flexibility index (Phi) is 5.22. The fraction of sp³-hybridized carbons (Fsp3) is 0.263. The van der Waals surface area contributed by atoms with E-state index in [1.54, 1.807) is 43.3 Å². The number of sulfonamides is 1. The van der Waals surface area contributed by atoms with E-state index >= 15 is 0 Å². The molecular weight excluding hydrogens is 402 g/mol. The second kappa shape index (κ2) is 7.20. The maximum Gasteiger partial charge on any atom is 0.325 e. The van der Waals surface area contributed by atoms with Crippen molar-refractivity contribution in [3.8, 4) is 0 Å². The van der Waals surface area contributed by atoms with Crippen molar-refractivity contribution in [2.45, 2.75) is 23.9 Å². The average molecular weight is 422 g/mol. The zero-order valence-electron chi connectivity index (χ0n) is 15.6. The zero-order valence-corrected chi connectivity index (χ0v) is 17.2. The lowest BCUT2D eigenvalue weighted by Gasteiger charge is -2.22. The van der Waals surface area contributed by atoms with Crippen molar-refractivity contribution >= 4 is 33.6 Å². The highest BCUT2D eigenvalue weighted by atomic mass is 35.5. The Balaban J connectivity index is 1.89. The highest BCUT2D eigenvalue weighted by molar-refractivity contribution is 7.89. The number of amides is 3. The van der Waals surface area contributed by atoms with Gasteiger partial charge in [0.25, 0.3) is 5.91 Å². The topological polar surface area (TPSA) is 86.8 Å². The van der Waals surface area contributed by atoms with Crippen molar-refractivity contribution in [1.29, 1.82) is 0 Å². The number of hydrogen-bond acceptors (Lipinski definition) is 4. The predicted molar refractivity (Wildman–Crippen MR) is 105 cm³/mol. The highest BCUT2D eigenvalue weighted by Crippen LogP contribution is 2.30. The van der Waals surface area contributed by atoms with Crippen molar-refractivity contribution < 1.29 is 18.0 Å². The lowest BCUT2D eigenvalue weighted by atomic mass is 9.92. The number of imide groups is 1. The molecule has 1 atom stereocenters. The molecule has 0 bridgehead atoms. The first-order valence-corrected chi connectivity index (χ1v) is 10.3. The Morgan fingerprint density at radius 3 is 2.36 bits per heavy atom. The summed E-state index contributed by atoms with van der Waals surface area (Å²) >= 11 is 5.90. The van der Waals surface area contributed by atoms with Crippen LogP contribution in [0.5, 0.6) is 0 Å². The SMILES string of the molecule is CN(C)S(=O)(=O)c1cccc(CN2C(=O)N[C@](C)(c3ccc(Cl)cc3)C2=O)c1. The molecule has 2 aromatic rings. The molecule has 0 spiro atoms. The minimum absolute atomic E-state index is 0.0371. The monoisotopic (exact) mass is 421 g/mol. The molecule has 1 aliphatic rings. The Labute approximate surface area is 168 Å². The maximum atomic E-state index is 13.0. The molecule has 2 aromatic carbocycles. The summed E-state index contributed by atoms with van der Waals surface area (Å²) < 4.78 is 25.8. The number of nitrogens with zero attached hydrogens (tertiary/aromatic N) is 2. The van der Waals surface area contributed by atoms with Gasteiger partial charge in [0.1, 0.15) is 5.54 Å². The Hall–Kier alpha value is -2.42. The third-order valence-electron chi connectivity index (χ3n) is 4.71. The molecule has 0 saturated carbocycles. The molecule has 3 amide bonds. The van der Waals surface area contributed by atoms with E-state index in [2.05, 4.69) is 5.32 Å². The van der Waals surface area contributed by atoms with Crippen molar-refractivity contribution in [1.82, 2.24) is 14.5 Å². The fourth-order valence-corrected chi connectivity index (χ4v) is 4.12. The van der Waals surface area contributed by atoms with Crippen LogP contribution in [-0.2, 0) is 26.9 Å². The second-order valence-electron chi connectivity index (χ2n) is 6.89. The van der Waals surface area contributed by atoms with Gasteiger partial charge >= 0.3 is 6.03 Å². The summed E-state index contributed by atoms with van der Waals surface area (Å²) in [6.45, 7) is 1.59. The molecule has 0 aliphatic carbocycles. The fourth-order valence-electron chi connectivity index (χ4n) is 3.02. The summed E-state index contributed by atoms with van der Waals surface area (Å²) in [6, 6.07) is 12.3. The first-order valence-electron chi connectivity index (χ1n) is 8.47. The molecule has 9 heteroatoms. The van der Waals surface area contributed by atoms with E-state index in [-0.39, 0.29) is 11.4 Å². The normalized spacial score (nSPS) is 20.0. The van der Waals surface area contributed by atoms with Crippen molar-refractivity contribution in [2.24, 2.45) is 0 Å². The van der Waals surface area contributed by atoms with E-state index in [1.807, 2.05) is 0 Å². The lowest BCUT2D eigenvalue weighted by molar-refractivity contribution is -0.131. The number of benzene rings is 2. The first-order chi connectivity index (χ1) is 13.1. The van der Waals surface area contributed by atoms with Crippen LogP contribution >= 0.6 is 11.6 Å². The van der Waals surface area contributed by atoms with Gasteiger partial charge in [-0.2, -0.15) is 0 Å². The van der Waals surface area contributed by atoms with Gasteiger partial charge in [-0.05, 0) is 42.3 Å². The molecule has 28 heavy (non-hydrogen) atoms. The van der Waals surface area contributed by atoms with Gasteiger partial charge in [0.15, 0.2) is 0 Å². The average Bonchev–Trinajstić information content (AvgIpc) is 2.86. The smallest absolute Gasteiger partial charge is 0.319 e. The van der Waals surface area contributed by atoms with Crippen LogP contribution in [0.4, 0.5) is 4.79 Å². The van der Waals surface area contributed by atoms with Gasteiger partial charge < -0.3 is 5.32 Å². The van der Waals surface area contributed by atoms with Gasteiger partial charge in [-0.3, -0.25) is 9.69 Å². The second-order valence-corrected chi connectivity index (χ2v) is 9.48. The number of carbonyl (C=O) groups excluding carboxylic acids is 2. The number of hydrogen-bond donors (Lipinski definition) is 1. The number of urea groups is 1. The van der Waals surface area contributed by atoms with Gasteiger partial charge in [-0.25, -0.2) is 17.5 Å². The molecule has 7 nitrogen and oxygen atoms in total. The Morgan fingerprint density at radius 2 is 1.75 bits per heavy atom. The van der Waals surface area contributed by atoms with E-state index in [0.717, 1.165) is 9.21 Å². The van der Waals surface area contributed by atoms with E-state index in [0.29, 0.717) is 16.1 Å². The molecule has 0 aromatic heterocycles. The van der Waals surface area contributed by atoms with E-state index in [9.17, 15) is 18.0 Å². The number of halogens is 1. The lowest BCUT2D eigenvalue weighted by Crippen LogP contribution is -2.40. The number of carbonyl (C=O) groups is 2. The molecule has 0 unspecified atom stereocenters. The summed E-state index contributed by atoms with van der Waals surface area (Å²) in [5.41, 5.74) is -0.0666. The molecule has 148 valence electrons. The van der Waals surface area contributed by atoms with Crippen LogP contribution in [0.3, 0.4) is 0 Å². The third kappa shape index (κ3) is 3.50. The molecule has 1 saturated heterocycles. The number of rotatable bonds is 5. The van der Waals surface area contributed by atoms with E-state index < -0.39 is 27.5 Å². The number of nitrogens with one attached hydrogen (secondary N) is 1. The summed E-state index contributed by atoms with van der Waals surface area (Å²) in [6.07, 6.45) is 0. The summed E-state index contributed by atoms with van der Waals surface area (Å²) in [5, 5.41) is 3.24. The molecule has 3 rings (SSSR count). The van der Waals surface area contributed by atoms with Gasteiger partial charge in [-0.15, -0.1) is 0 Å². The Bertz CT molecular complexity index is 1040. The van der Waals surface area contributed by atoms with Crippen molar-refractivity contribution in [3.05, 3.63) is 64.7 Å². The van der Waals surface area contributed by atoms with Crippen LogP contribution in [0.15, 0.2) is 53.4 Å². The van der Waals surface area contributed by atoms with E-state index in [4.69, 9.17) is 11.6 Å². The van der Waals surface area contributed by atoms with Crippen LogP contribution in [-0.4, -0.2) is 43.7 Å². The van der Waals surface area contributed by atoms with Crippen LogP contribution in [0.1, 0.15) is 18.1 Å². The van der Waals surface area contributed by atoms with Gasteiger partial charge in [-0.1, -0.05) is 35.9 Å². The van der Waals surface area contributed by atoms with Crippen LogP contribution in [0, 0.1) is 0 Å². The maximum absolute atomic E-state index is 13.0. The van der Waals surface area contributed by atoms with Crippen LogP contribution in [0.25, 0.3) is 0 Å². The summed E-state index contributed by atoms with van der Waals surface area (Å²) in [7, 11) is -0.730. The molecule has 1 heterocycles. The van der Waals surface area contributed by atoms with Gasteiger partial charge in [0.2, 0.25) is 10.0 Å². The predicted octanol–water partition coefficient (Wildman–Crippen LogP) is 2.56. The summed E-state index contributed by atoms with van der Waals surface area (Å²) in [4.78, 5) is 26.7. The third-order valence-corrected chi connectivity index (χ3v) is 6.78. The van der Waals surface area contributed by atoms with Crippen molar-refractivity contribution in [2.75, 3.05) is 14.1 Å². The quantitative estimate of drug-likeness (QED) is 0.751. The van der Waals surface area contributed by atoms with Gasteiger partial charge in [0, 0.05) is 19.1 Å². The summed E-state index contributed by atoms with van der Waals surface area (Å²) in [5.74, 6) is -0.416. The largest absolute Gasteiger partial charge is 0.325 e. The Morgan fingerprint density at radius 1 is 1.11 bits per heavy atom. The molecule has 0 radical (unpaired) electrons. The molecule has 1 aliphatic heterocycles. The first kappa shape index (κ1) is 20.3. The van der Waals surface area contributed by atoms with Crippen molar-refractivity contribution in [3.63, 3.8) is 0 Å². The zero-order chi connectivity index (χ0) is 20.7. The standard InChI is InChI=1S/C19H20ClN3O4S/c1-19(14-7-9-15(20)10-8-14)17(24)23(18(25)21-19)12-13-5-4-6-16(11-13)28(26,27)22(2)3/h4-11H,12H2,1-3H3,(H,21,25)/t19-/m1/s1. The van der Waals surface area contributed by atoms with Crippen LogP contribution in [0.2, 0.25) is 5.02 Å². The minimum Gasteiger partial charge on any atom is -0.319 e. The van der Waals surface area contributed by atoms with Crippen LogP contribution < -0.4 is 5.32 Å². The molecular formula is C19H20ClN3O4S. The molecule has 1 N–H and O–H groups in total.